The molecular formula is C27H29ClN4O3S. The Labute approximate surface area is 219 Å². The molecule has 0 bridgehead atoms. The lowest BCUT2D eigenvalue weighted by atomic mass is 9.90. The fourth-order valence-electron chi connectivity index (χ4n) is 4.66. The largest absolute Gasteiger partial charge is 0.444 e. The van der Waals surface area contributed by atoms with Gasteiger partial charge < -0.3 is 20.8 Å². The van der Waals surface area contributed by atoms with E-state index in [0.29, 0.717) is 41.5 Å². The Bertz CT molecular complexity index is 1290. The Morgan fingerprint density at radius 2 is 2.00 bits per heavy atom. The first kappa shape index (κ1) is 25.9. The van der Waals surface area contributed by atoms with E-state index in [4.69, 9.17) is 27.5 Å². The Morgan fingerprint density at radius 1 is 1.28 bits per heavy atom. The lowest BCUT2D eigenvalue weighted by molar-refractivity contribution is 0.0290. The topological polar surface area (TPSA) is 109 Å². The van der Waals surface area contributed by atoms with Crippen LogP contribution in [0.2, 0.25) is 5.02 Å². The van der Waals surface area contributed by atoms with Crippen LogP contribution in [0.15, 0.2) is 48.7 Å². The number of benzene rings is 1. The Morgan fingerprint density at radius 3 is 2.64 bits per heavy atom. The molecule has 3 heterocycles. The number of nitrogens with one attached hydrogen (secondary N) is 1. The van der Waals surface area contributed by atoms with Gasteiger partial charge in [-0.15, -0.1) is 11.3 Å². The van der Waals surface area contributed by atoms with Crippen molar-refractivity contribution in [1.29, 1.82) is 5.41 Å². The van der Waals surface area contributed by atoms with Crippen molar-refractivity contribution in [2.45, 2.75) is 45.6 Å². The molecular weight excluding hydrogens is 496 g/mol. The first-order valence-corrected chi connectivity index (χ1v) is 12.9. The van der Waals surface area contributed by atoms with Crippen LogP contribution in [0.4, 0.5) is 10.5 Å². The number of halogens is 1. The quantitative estimate of drug-likeness (QED) is 0.336. The second-order valence-electron chi connectivity index (χ2n) is 9.75. The zero-order chi connectivity index (χ0) is 26.0. The number of carbonyl (C=O) groups is 2. The maximum absolute atomic E-state index is 13.3. The number of rotatable bonds is 8. The van der Waals surface area contributed by atoms with Gasteiger partial charge in [-0.1, -0.05) is 30.7 Å². The number of hydrogen-bond acceptors (Lipinski definition) is 6. The monoisotopic (exact) mass is 524 g/mol. The van der Waals surface area contributed by atoms with Crippen molar-refractivity contribution in [2.75, 3.05) is 11.4 Å². The van der Waals surface area contributed by atoms with E-state index in [2.05, 4.69) is 11.1 Å². The molecule has 0 spiro atoms. The van der Waals surface area contributed by atoms with Gasteiger partial charge in [0, 0.05) is 16.4 Å². The standard InChI is InChI=1S/C27H29ClN4O3S/c1-16(14-27(2,3)35-26(30)34)12-21(29)22-9-8-20(15-31-22)32-11-10-18-13-23(36-24(18)25(32)33)17-4-6-19(28)7-5-17/h4-9,13,15-16,29H,10-12,14H2,1-3H3,(H2,30,34)/t16-/m1/s1. The number of ether oxygens (including phenoxy) is 1. The average molecular weight is 525 g/mol. The minimum Gasteiger partial charge on any atom is -0.444 e. The van der Waals surface area contributed by atoms with Gasteiger partial charge in [0.25, 0.3) is 5.91 Å². The Balaban J connectivity index is 1.42. The fraction of sp³-hybridized carbons (Fsp3) is 0.333. The molecule has 0 aliphatic carbocycles. The summed E-state index contributed by atoms with van der Waals surface area (Å²) in [6.45, 7) is 6.18. The van der Waals surface area contributed by atoms with Crippen LogP contribution < -0.4 is 10.6 Å². The molecule has 0 radical (unpaired) electrons. The van der Waals surface area contributed by atoms with Gasteiger partial charge in [-0.25, -0.2) is 4.79 Å². The van der Waals surface area contributed by atoms with Crippen LogP contribution in [0, 0.1) is 11.3 Å². The number of anilines is 1. The van der Waals surface area contributed by atoms with E-state index in [1.54, 1.807) is 31.0 Å². The minimum atomic E-state index is -0.803. The number of nitrogens with two attached hydrogens (primary N) is 1. The third-order valence-electron chi connectivity index (χ3n) is 6.12. The zero-order valence-electron chi connectivity index (χ0n) is 20.5. The van der Waals surface area contributed by atoms with Crippen LogP contribution in [0.25, 0.3) is 10.4 Å². The van der Waals surface area contributed by atoms with Crippen LogP contribution >= 0.6 is 22.9 Å². The molecule has 36 heavy (non-hydrogen) atoms. The van der Waals surface area contributed by atoms with E-state index in [0.717, 1.165) is 27.3 Å². The van der Waals surface area contributed by atoms with Gasteiger partial charge in [-0.05, 0) is 80.5 Å². The average Bonchev–Trinajstić information content (AvgIpc) is 3.24. The summed E-state index contributed by atoms with van der Waals surface area (Å²) in [6.07, 6.45) is 2.67. The maximum Gasteiger partial charge on any atom is 0.405 e. The first-order valence-electron chi connectivity index (χ1n) is 11.8. The SMILES string of the molecule is C[C@H](CC(=N)c1ccc(N2CCc3cc(-c4ccc(Cl)cc4)sc3C2=O)cn1)CC(C)(C)OC(N)=O. The molecule has 188 valence electrons. The predicted octanol–water partition coefficient (Wildman–Crippen LogP) is 6.32. The summed E-state index contributed by atoms with van der Waals surface area (Å²) in [5, 5.41) is 9.16. The van der Waals surface area contributed by atoms with Gasteiger partial charge in [0.15, 0.2) is 0 Å². The molecule has 2 aromatic heterocycles. The number of thiophene rings is 1. The number of pyridine rings is 1. The molecule has 1 atom stereocenters. The highest BCUT2D eigenvalue weighted by molar-refractivity contribution is 7.17. The van der Waals surface area contributed by atoms with Crippen molar-refractivity contribution in [2.24, 2.45) is 11.7 Å². The van der Waals surface area contributed by atoms with Crippen LogP contribution in [0.3, 0.4) is 0 Å². The van der Waals surface area contributed by atoms with Crippen molar-refractivity contribution in [3.63, 3.8) is 0 Å². The molecule has 2 amide bonds. The van der Waals surface area contributed by atoms with E-state index in [-0.39, 0.29) is 11.8 Å². The summed E-state index contributed by atoms with van der Waals surface area (Å²) in [7, 11) is 0. The molecule has 3 aromatic rings. The first-order chi connectivity index (χ1) is 17.0. The minimum absolute atomic E-state index is 0.0311. The number of primary amides is 1. The summed E-state index contributed by atoms with van der Waals surface area (Å²) in [6, 6.07) is 13.4. The highest BCUT2D eigenvalue weighted by Crippen LogP contribution is 2.36. The fourth-order valence-corrected chi connectivity index (χ4v) is 5.95. The second-order valence-corrected chi connectivity index (χ2v) is 11.2. The number of nitrogens with zero attached hydrogens (tertiary/aromatic N) is 2. The highest BCUT2D eigenvalue weighted by atomic mass is 35.5. The van der Waals surface area contributed by atoms with Crippen molar-refractivity contribution in [3.05, 3.63) is 69.8 Å². The van der Waals surface area contributed by atoms with Crippen molar-refractivity contribution < 1.29 is 14.3 Å². The number of amides is 2. The molecule has 1 aromatic carbocycles. The summed E-state index contributed by atoms with van der Waals surface area (Å²) in [5.41, 5.74) is 8.22. The van der Waals surface area contributed by atoms with Gasteiger partial charge in [-0.2, -0.15) is 0 Å². The van der Waals surface area contributed by atoms with Crippen LogP contribution in [-0.4, -0.2) is 34.8 Å². The molecule has 0 fully saturated rings. The normalized spacial score (nSPS) is 14.3. The molecule has 1 aliphatic heterocycles. The molecule has 4 rings (SSSR count). The zero-order valence-corrected chi connectivity index (χ0v) is 22.1. The Hall–Kier alpha value is -3.23. The highest BCUT2D eigenvalue weighted by Gasteiger charge is 2.29. The summed E-state index contributed by atoms with van der Waals surface area (Å²) in [5.74, 6) is 0.0560. The van der Waals surface area contributed by atoms with E-state index in [1.165, 1.54) is 11.3 Å². The molecule has 9 heteroatoms. The lowest BCUT2D eigenvalue weighted by Gasteiger charge is -2.27. The summed E-state index contributed by atoms with van der Waals surface area (Å²) < 4.78 is 5.16. The molecule has 1 aliphatic rings. The molecule has 0 unspecified atom stereocenters. The second kappa shape index (κ2) is 10.4. The number of carbonyl (C=O) groups excluding carboxylic acids is 2. The third-order valence-corrected chi connectivity index (χ3v) is 7.59. The number of aromatic nitrogens is 1. The van der Waals surface area contributed by atoms with Crippen molar-refractivity contribution in [3.8, 4) is 10.4 Å². The summed E-state index contributed by atoms with van der Waals surface area (Å²) in [4.78, 5) is 32.4. The lowest BCUT2D eigenvalue weighted by Crippen LogP contribution is -2.36. The van der Waals surface area contributed by atoms with E-state index >= 15 is 0 Å². The third kappa shape index (κ3) is 5.94. The molecule has 7 nitrogen and oxygen atoms in total. The van der Waals surface area contributed by atoms with E-state index in [1.807, 2.05) is 37.3 Å². The van der Waals surface area contributed by atoms with Gasteiger partial charge in [0.2, 0.25) is 0 Å². The van der Waals surface area contributed by atoms with Gasteiger partial charge in [0.05, 0.1) is 28.2 Å². The van der Waals surface area contributed by atoms with Gasteiger partial charge in [0.1, 0.15) is 5.60 Å². The summed E-state index contributed by atoms with van der Waals surface area (Å²) >= 11 is 7.51. The maximum atomic E-state index is 13.3. The number of fused-ring (bicyclic) bond motifs is 1. The van der Waals surface area contributed by atoms with Gasteiger partial charge >= 0.3 is 6.09 Å². The number of hydrogen-bond donors (Lipinski definition) is 2. The van der Waals surface area contributed by atoms with Crippen molar-refractivity contribution >= 4 is 46.3 Å². The van der Waals surface area contributed by atoms with Crippen LogP contribution in [0.1, 0.15) is 54.5 Å². The molecule has 0 saturated heterocycles. The Kier molecular flexibility index (Phi) is 7.47. The molecule has 0 saturated carbocycles. The van der Waals surface area contributed by atoms with E-state index < -0.39 is 11.7 Å². The smallest absolute Gasteiger partial charge is 0.405 e. The molecule has 3 N–H and O–H groups in total. The predicted molar refractivity (Wildman–Crippen MR) is 144 cm³/mol. The van der Waals surface area contributed by atoms with Crippen LogP contribution in [-0.2, 0) is 11.2 Å². The van der Waals surface area contributed by atoms with Crippen molar-refractivity contribution in [1.82, 2.24) is 4.98 Å². The van der Waals surface area contributed by atoms with Gasteiger partial charge in [-0.3, -0.25) is 9.78 Å². The van der Waals surface area contributed by atoms with E-state index in [9.17, 15) is 9.59 Å². The van der Waals surface area contributed by atoms with Crippen LogP contribution in [0.5, 0.6) is 0 Å².